The first kappa shape index (κ1) is 11.8. The third-order valence-electron chi connectivity index (χ3n) is 1.70. The van der Waals surface area contributed by atoms with Crippen molar-refractivity contribution in [3.8, 4) is 0 Å². The molecule has 1 N–H and O–H groups in total. The maximum absolute atomic E-state index is 12.6. The van der Waals surface area contributed by atoms with Gasteiger partial charge in [0.2, 0.25) is 5.91 Å². The summed E-state index contributed by atoms with van der Waals surface area (Å²) in [4.78, 5) is 20.5. The molecule has 16 heavy (non-hydrogen) atoms. The van der Waals surface area contributed by atoms with Crippen LogP contribution in [0.2, 0.25) is 0 Å². The fourth-order valence-electron chi connectivity index (χ4n) is 1.10. The van der Waals surface area contributed by atoms with Crippen LogP contribution in [0.5, 0.6) is 0 Å². The second-order valence-corrected chi connectivity index (χ2v) is 3.02. The van der Waals surface area contributed by atoms with E-state index >= 15 is 0 Å². The molecule has 0 spiro atoms. The van der Waals surface area contributed by atoms with Gasteiger partial charge in [-0.15, -0.1) is 0 Å². The van der Waals surface area contributed by atoms with Crippen molar-refractivity contribution in [3.05, 3.63) is 52.0 Å². The molecule has 0 aliphatic rings. The molecule has 1 aromatic carbocycles. The van der Waals surface area contributed by atoms with Crippen molar-refractivity contribution in [2.75, 3.05) is 0 Å². The van der Waals surface area contributed by atoms with E-state index in [0.717, 1.165) is 12.1 Å². The summed E-state index contributed by atoms with van der Waals surface area (Å²) in [7, 11) is 0. The van der Waals surface area contributed by atoms with Gasteiger partial charge in [-0.1, -0.05) is 0 Å². The van der Waals surface area contributed by atoms with Gasteiger partial charge in [0.25, 0.3) is 6.20 Å². The van der Waals surface area contributed by atoms with Crippen LogP contribution in [-0.4, -0.2) is 10.8 Å². The quantitative estimate of drug-likeness (QED) is 0.625. The molecule has 0 unspecified atom stereocenters. The van der Waals surface area contributed by atoms with Crippen molar-refractivity contribution >= 4 is 11.6 Å². The van der Waals surface area contributed by atoms with Crippen LogP contribution in [0.4, 0.5) is 4.39 Å². The number of nitrogens with zero attached hydrogens (tertiary/aromatic N) is 1. The Hall–Kier alpha value is -2.24. The summed E-state index contributed by atoms with van der Waals surface area (Å²) in [6.45, 7) is 1.23. The van der Waals surface area contributed by atoms with Gasteiger partial charge in [-0.25, -0.2) is 4.39 Å². The number of hydrogen-bond donors (Lipinski definition) is 1. The third-order valence-corrected chi connectivity index (χ3v) is 1.70. The summed E-state index contributed by atoms with van der Waals surface area (Å²) >= 11 is 0. The molecule has 0 aliphatic carbocycles. The highest BCUT2D eigenvalue weighted by atomic mass is 19.1. The lowest BCUT2D eigenvalue weighted by Crippen LogP contribution is -2.19. The Bertz CT molecular complexity index is 440. The van der Waals surface area contributed by atoms with E-state index < -0.39 is 16.6 Å². The van der Waals surface area contributed by atoms with Crippen molar-refractivity contribution in [1.29, 1.82) is 0 Å². The number of benzene rings is 1. The molecule has 0 radical (unpaired) electrons. The maximum Gasteiger partial charge on any atom is 0.258 e. The molecule has 0 atom stereocenters. The first-order valence-corrected chi connectivity index (χ1v) is 4.38. The molecule has 0 saturated heterocycles. The van der Waals surface area contributed by atoms with Crippen LogP contribution in [0.15, 0.2) is 30.5 Å². The highest BCUT2D eigenvalue weighted by Gasteiger charge is 2.08. The summed E-state index contributed by atoms with van der Waals surface area (Å²) in [6.07, 6.45) is 0.661. The fourth-order valence-corrected chi connectivity index (χ4v) is 1.10. The van der Waals surface area contributed by atoms with Gasteiger partial charge in [0, 0.05) is 12.5 Å². The molecule has 84 valence electrons. The molecule has 0 aromatic heterocycles. The second kappa shape index (κ2) is 5.01. The molecule has 1 rings (SSSR count). The van der Waals surface area contributed by atoms with E-state index in [4.69, 9.17) is 0 Å². The van der Waals surface area contributed by atoms with Crippen molar-refractivity contribution in [1.82, 2.24) is 5.32 Å². The van der Waals surface area contributed by atoms with Crippen LogP contribution in [0, 0.1) is 15.9 Å². The lowest BCUT2D eigenvalue weighted by Gasteiger charge is -2.04. The Morgan fingerprint density at radius 3 is 2.44 bits per heavy atom. The van der Waals surface area contributed by atoms with E-state index in [1.807, 2.05) is 0 Å². The minimum Gasteiger partial charge on any atom is -0.321 e. The van der Waals surface area contributed by atoms with E-state index in [1.165, 1.54) is 19.1 Å². The highest BCUT2D eigenvalue weighted by Crippen LogP contribution is 2.12. The van der Waals surface area contributed by atoms with E-state index in [9.17, 15) is 19.3 Å². The largest absolute Gasteiger partial charge is 0.321 e. The van der Waals surface area contributed by atoms with Crippen LogP contribution >= 0.6 is 0 Å². The Kier molecular flexibility index (Phi) is 3.71. The highest BCUT2D eigenvalue weighted by molar-refractivity contribution is 5.84. The average molecular weight is 224 g/mol. The van der Waals surface area contributed by atoms with E-state index in [0.29, 0.717) is 11.8 Å². The Labute approximate surface area is 90.7 Å². The predicted octanol–water partition coefficient (Wildman–Crippen LogP) is 1.54. The maximum atomic E-state index is 12.6. The monoisotopic (exact) mass is 224 g/mol. The molecule has 6 heteroatoms. The Morgan fingerprint density at radius 1 is 1.44 bits per heavy atom. The van der Waals surface area contributed by atoms with Gasteiger partial charge < -0.3 is 5.32 Å². The van der Waals surface area contributed by atoms with E-state index in [2.05, 4.69) is 5.32 Å². The predicted molar refractivity (Wildman–Crippen MR) is 55.2 cm³/mol. The van der Waals surface area contributed by atoms with E-state index in [-0.39, 0.29) is 5.70 Å². The SMILES string of the molecule is CC(=O)N/C(=C/[N+](=O)[O-])c1ccc(F)cc1. The zero-order valence-electron chi connectivity index (χ0n) is 8.44. The number of carbonyl (C=O) groups is 1. The third kappa shape index (κ3) is 3.49. The van der Waals surface area contributed by atoms with Gasteiger partial charge in [-0.05, 0) is 24.3 Å². The van der Waals surface area contributed by atoms with Crippen LogP contribution in [-0.2, 0) is 4.79 Å². The van der Waals surface area contributed by atoms with Gasteiger partial charge >= 0.3 is 0 Å². The minimum absolute atomic E-state index is 0.0255. The number of nitrogens with one attached hydrogen (secondary N) is 1. The van der Waals surface area contributed by atoms with E-state index in [1.54, 1.807) is 0 Å². The number of halogens is 1. The first-order valence-electron chi connectivity index (χ1n) is 4.38. The first-order chi connectivity index (χ1) is 7.49. The summed E-state index contributed by atoms with van der Waals surface area (Å²) < 4.78 is 12.6. The number of amides is 1. The molecular weight excluding hydrogens is 215 g/mol. The van der Waals surface area contributed by atoms with Crippen LogP contribution < -0.4 is 5.32 Å². The molecule has 0 fully saturated rings. The molecule has 1 amide bonds. The molecule has 1 aromatic rings. The standard InChI is InChI=1S/C10H9FN2O3/c1-7(14)12-10(6-13(15)16)8-2-4-9(11)5-3-8/h2-6H,1H3,(H,12,14)/b10-6+. The number of hydrogen-bond acceptors (Lipinski definition) is 3. The molecule has 0 bridgehead atoms. The van der Waals surface area contributed by atoms with Gasteiger partial charge in [-0.3, -0.25) is 14.9 Å². The normalized spacial score (nSPS) is 11.0. The van der Waals surface area contributed by atoms with Crippen LogP contribution in [0.25, 0.3) is 5.70 Å². The lowest BCUT2D eigenvalue weighted by atomic mass is 10.1. The Morgan fingerprint density at radius 2 is 2.00 bits per heavy atom. The Balaban J connectivity index is 3.06. The van der Waals surface area contributed by atoms with Gasteiger partial charge in [0.05, 0.1) is 4.92 Å². The van der Waals surface area contributed by atoms with Gasteiger partial charge in [0.15, 0.2) is 0 Å². The average Bonchev–Trinajstić information content (AvgIpc) is 2.16. The van der Waals surface area contributed by atoms with Gasteiger partial charge in [-0.2, -0.15) is 0 Å². The molecular formula is C10H9FN2O3. The van der Waals surface area contributed by atoms with Crippen LogP contribution in [0.3, 0.4) is 0 Å². The summed E-state index contributed by atoms with van der Waals surface area (Å²) in [5, 5.41) is 12.6. The number of carbonyl (C=O) groups excluding carboxylic acids is 1. The zero-order valence-corrected chi connectivity index (χ0v) is 8.44. The summed E-state index contributed by atoms with van der Waals surface area (Å²) in [5.41, 5.74) is 0.394. The molecule has 5 nitrogen and oxygen atoms in total. The van der Waals surface area contributed by atoms with Crippen molar-refractivity contribution in [3.63, 3.8) is 0 Å². The van der Waals surface area contributed by atoms with Crippen LogP contribution in [0.1, 0.15) is 12.5 Å². The van der Waals surface area contributed by atoms with Crippen molar-refractivity contribution < 1.29 is 14.1 Å². The summed E-state index contributed by atoms with van der Waals surface area (Å²) in [6, 6.07) is 5.01. The van der Waals surface area contributed by atoms with Crippen molar-refractivity contribution in [2.45, 2.75) is 6.92 Å². The number of rotatable bonds is 3. The molecule has 0 heterocycles. The minimum atomic E-state index is -0.686. The fraction of sp³-hybridized carbons (Fsp3) is 0.100. The topological polar surface area (TPSA) is 72.2 Å². The smallest absolute Gasteiger partial charge is 0.258 e. The second-order valence-electron chi connectivity index (χ2n) is 3.02. The summed E-state index contributed by atoms with van der Waals surface area (Å²) in [5.74, 6) is -0.885. The lowest BCUT2D eigenvalue weighted by molar-refractivity contribution is -0.401. The van der Waals surface area contributed by atoms with Gasteiger partial charge in [0.1, 0.15) is 11.5 Å². The van der Waals surface area contributed by atoms with Crippen molar-refractivity contribution in [2.24, 2.45) is 0 Å². The molecule has 0 saturated carbocycles. The number of nitro groups is 1. The molecule has 0 aliphatic heterocycles. The zero-order chi connectivity index (χ0) is 12.1.